The van der Waals surface area contributed by atoms with Gasteiger partial charge in [-0.15, -0.1) is 0 Å². The number of nitrogens with zero attached hydrogens (tertiary/aromatic N) is 2. The van der Waals surface area contributed by atoms with Gasteiger partial charge in [0.25, 0.3) is 0 Å². The second-order valence-electron chi connectivity index (χ2n) is 6.82. The molecule has 1 aromatic rings. The first-order chi connectivity index (χ1) is 11.8. The molecule has 0 amide bonds. The van der Waals surface area contributed by atoms with Gasteiger partial charge in [0.15, 0.2) is 0 Å². The molecule has 1 aromatic carbocycles. The van der Waals surface area contributed by atoms with Gasteiger partial charge in [-0.3, -0.25) is 9.80 Å². The molecule has 0 bridgehead atoms. The molecule has 0 aromatic heterocycles. The average molecular weight is 351 g/mol. The zero-order valence-corrected chi connectivity index (χ0v) is 15.3. The van der Waals surface area contributed by atoms with Crippen molar-refractivity contribution in [2.24, 2.45) is 0 Å². The molecule has 2 fully saturated rings. The first kappa shape index (κ1) is 18.1. The molecule has 0 unspecified atom stereocenters. The largest absolute Gasteiger partial charge is 0.491 e. The van der Waals surface area contributed by atoms with E-state index in [0.717, 1.165) is 31.9 Å². The van der Waals surface area contributed by atoms with Gasteiger partial charge in [-0.05, 0) is 32.0 Å². The summed E-state index contributed by atoms with van der Waals surface area (Å²) < 4.78 is 5.97. The number of rotatable bonds is 7. The van der Waals surface area contributed by atoms with Gasteiger partial charge in [0.2, 0.25) is 0 Å². The van der Waals surface area contributed by atoms with Crippen LogP contribution >= 0.6 is 11.8 Å². The molecular weight excluding hydrogens is 320 g/mol. The first-order valence-electron chi connectivity index (χ1n) is 9.22. The van der Waals surface area contributed by atoms with Crippen molar-refractivity contribution in [2.75, 3.05) is 50.8 Å². The smallest absolute Gasteiger partial charge is 0.123 e. The number of thioether (sulfide) groups is 1. The lowest BCUT2D eigenvalue weighted by molar-refractivity contribution is 0.0707. The van der Waals surface area contributed by atoms with Crippen LogP contribution in [0.2, 0.25) is 0 Å². The number of aliphatic hydroxyl groups excluding tert-OH is 1. The molecule has 2 saturated heterocycles. The minimum absolute atomic E-state index is 0.376. The molecule has 3 rings (SSSR count). The van der Waals surface area contributed by atoms with Crippen molar-refractivity contribution in [1.29, 1.82) is 0 Å². The number of β-amino-alcohol motifs (C(OH)–C–C–N with tert-alkyl or cyclic N) is 1. The summed E-state index contributed by atoms with van der Waals surface area (Å²) in [4.78, 5) is 4.84. The Morgan fingerprint density at radius 2 is 1.75 bits per heavy atom. The number of likely N-dealkylation sites (tertiary alicyclic amines) is 1. The Hall–Kier alpha value is -0.750. The Kier molecular flexibility index (Phi) is 7.27. The molecule has 0 radical (unpaired) electrons. The summed E-state index contributed by atoms with van der Waals surface area (Å²) in [6, 6.07) is 8.28. The lowest BCUT2D eigenvalue weighted by atomic mass is 10.1. The fourth-order valence-electron chi connectivity index (χ4n) is 3.45. The SMILES string of the molecule is O[C@@H](COc1ccccc1CN1CCCCC1)CN1CCSCC1. The van der Waals surface area contributed by atoms with Crippen LogP contribution in [0.3, 0.4) is 0 Å². The van der Waals surface area contributed by atoms with Crippen molar-refractivity contribution in [1.82, 2.24) is 9.80 Å². The molecule has 2 aliphatic rings. The van der Waals surface area contributed by atoms with Crippen LogP contribution in [-0.4, -0.2) is 71.8 Å². The fraction of sp³-hybridized carbons (Fsp3) is 0.684. The number of piperidine rings is 1. The van der Waals surface area contributed by atoms with Crippen molar-refractivity contribution in [2.45, 2.75) is 31.9 Å². The molecule has 2 heterocycles. The van der Waals surface area contributed by atoms with E-state index in [4.69, 9.17) is 4.74 Å². The van der Waals surface area contributed by atoms with Crippen LogP contribution < -0.4 is 4.74 Å². The maximum Gasteiger partial charge on any atom is 0.123 e. The van der Waals surface area contributed by atoms with Crippen LogP contribution in [0, 0.1) is 0 Å². The lowest BCUT2D eigenvalue weighted by Gasteiger charge is -2.29. The Morgan fingerprint density at radius 1 is 1.00 bits per heavy atom. The van der Waals surface area contributed by atoms with Crippen molar-refractivity contribution in [3.8, 4) is 5.75 Å². The Labute approximate surface area is 150 Å². The van der Waals surface area contributed by atoms with Crippen molar-refractivity contribution in [3.63, 3.8) is 0 Å². The highest BCUT2D eigenvalue weighted by atomic mass is 32.2. The monoisotopic (exact) mass is 350 g/mol. The molecule has 4 nitrogen and oxygen atoms in total. The molecule has 24 heavy (non-hydrogen) atoms. The summed E-state index contributed by atoms with van der Waals surface area (Å²) >= 11 is 2.00. The minimum atomic E-state index is -0.420. The van der Waals surface area contributed by atoms with E-state index in [0.29, 0.717) is 6.61 Å². The number of benzene rings is 1. The van der Waals surface area contributed by atoms with Gasteiger partial charge < -0.3 is 9.84 Å². The van der Waals surface area contributed by atoms with Crippen molar-refractivity contribution in [3.05, 3.63) is 29.8 Å². The average Bonchev–Trinajstić information content (AvgIpc) is 2.63. The van der Waals surface area contributed by atoms with Gasteiger partial charge in [0.1, 0.15) is 18.5 Å². The second kappa shape index (κ2) is 9.66. The van der Waals surface area contributed by atoms with Crippen LogP contribution in [0.25, 0.3) is 0 Å². The Balaban J connectivity index is 1.48. The number of hydrogen-bond acceptors (Lipinski definition) is 5. The minimum Gasteiger partial charge on any atom is -0.491 e. The van der Waals surface area contributed by atoms with Crippen LogP contribution in [0.5, 0.6) is 5.75 Å². The molecule has 0 aliphatic carbocycles. The lowest BCUT2D eigenvalue weighted by Crippen LogP contribution is -2.40. The highest BCUT2D eigenvalue weighted by Gasteiger charge is 2.17. The molecule has 1 N–H and O–H groups in total. The zero-order chi connectivity index (χ0) is 16.6. The molecular formula is C19H30N2O2S. The standard InChI is InChI=1S/C19H30N2O2S/c22-18(15-21-10-12-24-13-11-21)16-23-19-7-3-2-6-17(19)14-20-8-4-1-5-9-20/h2-3,6-7,18,22H,1,4-5,8-16H2/t18-/m1/s1. The quantitative estimate of drug-likeness (QED) is 0.817. The van der Waals surface area contributed by atoms with Gasteiger partial charge in [0, 0.05) is 43.2 Å². The normalized spacial score (nSPS) is 21.5. The van der Waals surface area contributed by atoms with Crippen molar-refractivity contribution < 1.29 is 9.84 Å². The van der Waals surface area contributed by atoms with Crippen LogP contribution in [0.15, 0.2) is 24.3 Å². The van der Waals surface area contributed by atoms with E-state index >= 15 is 0 Å². The van der Waals surface area contributed by atoms with E-state index in [9.17, 15) is 5.11 Å². The number of hydrogen-bond donors (Lipinski definition) is 1. The molecule has 2 aliphatic heterocycles. The zero-order valence-electron chi connectivity index (χ0n) is 14.5. The van der Waals surface area contributed by atoms with E-state index < -0.39 is 6.10 Å². The van der Waals surface area contributed by atoms with E-state index in [2.05, 4.69) is 21.9 Å². The van der Waals surface area contributed by atoms with Crippen molar-refractivity contribution >= 4 is 11.8 Å². The van der Waals surface area contributed by atoms with E-state index in [1.165, 1.54) is 49.4 Å². The molecule has 134 valence electrons. The van der Waals surface area contributed by atoms with Gasteiger partial charge in [-0.1, -0.05) is 24.6 Å². The third kappa shape index (κ3) is 5.66. The van der Waals surface area contributed by atoms with Gasteiger partial charge in [-0.25, -0.2) is 0 Å². The second-order valence-corrected chi connectivity index (χ2v) is 8.05. The van der Waals surface area contributed by atoms with Gasteiger partial charge in [0.05, 0.1) is 0 Å². The molecule has 0 spiro atoms. The Bertz CT molecular complexity index is 488. The predicted octanol–water partition coefficient (Wildman–Crippen LogP) is 2.46. The highest BCUT2D eigenvalue weighted by Crippen LogP contribution is 2.22. The first-order valence-corrected chi connectivity index (χ1v) is 10.4. The summed E-state index contributed by atoms with van der Waals surface area (Å²) in [5.41, 5.74) is 1.24. The maximum atomic E-state index is 10.3. The Morgan fingerprint density at radius 3 is 2.54 bits per heavy atom. The third-order valence-electron chi connectivity index (χ3n) is 4.82. The van der Waals surface area contributed by atoms with E-state index in [1.807, 2.05) is 23.9 Å². The van der Waals surface area contributed by atoms with Gasteiger partial charge in [-0.2, -0.15) is 11.8 Å². The molecule has 1 atom stereocenters. The summed E-state index contributed by atoms with van der Waals surface area (Å²) in [6.07, 6.45) is 3.54. The number of ether oxygens (including phenoxy) is 1. The maximum absolute atomic E-state index is 10.3. The topological polar surface area (TPSA) is 35.9 Å². The third-order valence-corrected chi connectivity index (χ3v) is 5.76. The summed E-state index contributed by atoms with van der Waals surface area (Å²) in [5.74, 6) is 3.27. The molecule has 5 heteroatoms. The van der Waals surface area contributed by atoms with Crippen LogP contribution in [0.1, 0.15) is 24.8 Å². The van der Waals surface area contributed by atoms with Crippen LogP contribution in [0.4, 0.5) is 0 Å². The van der Waals surface area contributed by atoms with E-state index in [-0.39, 0.29) is 0 Å². The van der Waals surface area contributed by atoms with E-state index in [1.54, 1.807) is 0 Å². The van der Waals surface area contributed by atoms with Crippen LogP contribution in [-0.2, 0) is 6.54 Å². The van der Waals surface area contributed by atoms with Gasteiger partial charge >= 0.3 is 0 Å². The number of para-hydroxylation sites is 1. The molecule has 0 saturated carbocycles. The predicted molar refractivity (Wildman–Crippen MR) is 101 cm³/mol. The highest BCUT2D eigenvalue weighted by molar-refractivity contribution is 7.99. The summed E-state index contributed by atoms with van der Waals surface area (Å²) in [7, 11) is 0. The fourth-order valence-corrected chi connectivity index (χ4v) is 4.43. The number of aliphatic hydroxyl groups is 1. The summed E-state index contributed by atoms with van der Waals surface area (Å²) in [6.45, 7) is 6.57. The summed E-state index contributed by atoms with van der Waals surface area (Å²) in [5, 5.41) is 10.3.